The summed E-state index contributed by atoms with van der Waals surface area (Å²) >= 11 is 0. The van der Waals surface area contributed by atoms with Gasteiger partial charge in [0.2, 0.25) is 0 Å². The number of para-hydroxylation sites is 1. The molecule has 140 valence electrons. The molecule has 0 saturated carbocycles. The van der Waals surface area contributed by atoms with Gasteiger partial charge < -0.3 is 15.2 Å². The number of ether oxygens (including phenoxy) is 2. The number of H-pyrrole nitrogens is 1. The van der Waals surface area contributed by atoms with Crippen LogP contribution in [0.2, 0.25) is 0 Å². The number of methoxy groups -OCH3 is 1. The molecule has 28 heavy (non-hydrogen) atoms. The summed E-state index contributed by atoms with van der Waals surface area (Å²) in [6, 6.07) is 18.3. The number of hydrogen-bond acceptors (Lipinski definition) is 4. The Morgan fingerprint density at radius 1 is 1.04 bits per heavy atom. The van der Waals surface area contributed by atoms with Crippen LogP contribution in [0.25, 0.3) is 22.0 Å². The molecule has 1 heterocycles. The predicted octanol–water partition coefficient (Wildman–Crippen LogP) is 4.37. The van der Waals surface area contributed by atoms with E-state index in [4.69, 9.17) is 15.2 Å². The molecule has 1 unspecified atom stereocenters. The molecule has 1 aliphatic rings. The summed E-state index contributed by atoms with van der Waals surface area (Å²) in [6.45, 7) is 0. The molecule has 0 bridgehead atoms. The Morgan fingerprint density at radius 3 is 2.82 bits per heavy atom. The quantitative estimate of drug-likeness (QED) is 0.523. The zero-order valence-electron chi connectivity index (χ0n) is 15.6. The van der Waals surface area contributed by atoms with Crippen molar-refractivity contribution in [2.75, 3.05) is 12.8 Å². The Kier molecular flexibility index (Phi) is 3.93. The second-order valence-electron chi connectivity index (χ2n) is 7.18. The van der Waals surface area contributed by atoms with E-state index in [0.717, 1.165) is 46.4 Å². The minimum absolute atomic E-state index is 0.0585. The fraction of sp³-hybridized carbons (Fsp3) is 0.174. The number of anilines is 1. The second kappa shape index (κ2) is 6.60. The molecule has 1 atom stereocenters. The Labute approximate surface area is 163 Å². The molecule has 0 amide bonds. The first kappa shape index (κ1) is 16.7. The van der Waals surface area contributed by atoms with Crippen molar-refractivity contribution in [3.63, 3.8) is 0 Å². The zero-order chi connectivity index (χ0) is 19.1. The van der Waals surface area contributed by atoms with Crippen molar-refractivity contribution in [3.8, 4) is 22.6 Å². The smallest absolute Gasteiger partial charge is 0.150 e. The van der Waals surface area contributed by atoms with E-state index in [1.54, 1.807) is 7.11 Å². The molecule has 4 aromatic rings. The van der Waals surface area contributed by atoms with E-state index in [0.29, 0.717) is 5.69 Å². The van der Waals surface area contributed by atoms with Crippen LogP contribution in [0.1, 0.15) is 11.1 Å². The highest BCUT2D eigenvalue weighted by atomic mass is 16.5. The van der Waals surface area contributed by atoms with E-state index in [9.17, 15) is 0 Å². The van der Waals surface area contributed by atoms with Crippen molar-refractivity contribution < 1.29 is 9.47 Å². The molecule has 5 heteroatoms. The van der Waals surface area contributed by atoms with Gasteiger partial charge in [-0.15, -0.1) is 0 Å². The SMILES string of the molecule is COc1ccc2c(c1)CC(Oc1c(N)cccc1-c1ccc3[nH]ncc3c1)C2. The molecule has 1 aliphatic carbocycles. The standard InChI is InChI=1S/C23H21N3O2/c1-27-18-7-5-14-10-19(12-16(14)11-18)28-23-20(3-2-4-21(23)24)15-6-8-22-17(9-15)13-25-26-22/h2-9,11,13,19H,10,12,24H2,1H3,(H,25,26). The first-order valence-corrected chi connectivity index (χ1v) is 9.36. The third kappa shape index (κ3) is 2.85. The summed E-state index contributed by atoms with van der Waals surface area (Å²) in [5.74, 6) is 1.63. The van der Waals surface area contributed by atoms with Crippen LogP contribution in [-0.4, -0.2) is 23.4 Å². The van der Waals surface area contributed by atoms with Crippen LogP contribution in [-0.2, 0) is 12.8 Å². The molecule has 0 fully saturated rings. The summed E-state index contributed by atoms with van der Waals surface area (Å²) in [7, 11) is 1.69. The maximum atomic E-state index is 6.45. The number of aromatic nitrogens is 2. The zero-order valence-corrected chi connectivity index (χ0v) is 15.6. The Bertz CT molecular complexity index is 1170. The van der Waals surface area contributed by atoms with E-state index in [2.05, 4.69) is 40.5 Å². The number of rotatable bonds is 4. The average molecular weight is 371 g/mol. The molecule has 0 radical (unpaired) electrons. The molecule has 3 N–H and O–H groups in total. The third-order valence-corrected chi connectivity index (χ3v) is 5.39. The second-order valence-corrected chi connectivity index (χ2v) is 7.18. The molecule has 5 rings (SSSR count). The van der Waals surface area contributed by atoms with Gasteiger partial charge in [-0.2, -0.15) is 5.10 Å². The van der Waals surface area contributed by atoms with Gasteiger partial charge in [-0.1, -0.05) is 24.3 Å². The van der Waals surface area contributed by atoms with Gasteiger partial charge in [-0.3, -0.25) is 5.10 Å². The van der Waals surface area contributed by atoms with Crippen LogP contribution in [0, 0.1) is 0 Å². The van der Waals surface area contributed by atoms with Crippen LogP contribution >= 0.6 is 0 Å². The average Bonchev–Trinajstić information content (AvgIpc) is 3.34. The highest BCUT2D eigenvalue weighted by Crippen LogP contribution is 2.38. The lowest BCUT2D eigenvalue weighted by Gasteiger charge is -2.18. The largest absolute Gasteiger partial charge is 0.497 e. The topological polar surface area (TPSA) is 73.2 Å². The summed E-state index contributed by atoms with van der Waals surface area (Å²) in [6.07, 6.45) is 3.60. The van der Waals surface area contributed by atoms with Crippen molar-refractivity contribution >= 4 is 16.6 Å². The van der Waals surface area contributed by atoms with Crippen LogP contribution in [0.15, 0.2) is 60.8 Å². The summed E-state index contributed by atoms with van der Waals surface area (Å²) in [5.41, 5.74) is 12.6. The summed E-state index contributed by atoms with van der Waals surface area (Å²) in [4.78, 5) is 0. The Balaban J connectivity index is 1.47. The highest BCUT2D eigenvalue weighted by Gasteiger charge is 2.25. The first-order chi connectivity index (χ1) is 13.7. The summed E-state index contributed by atoms with van der Waals surface area (Å²) in [5, 5.41) is 8.15. The number of nitrogens with one attached hydrogen (secondary N) is 1. The normalized spacial score (nSPS) is 15.5. The lowest BCUT2D eigenvalue weighted by atomic mass is 10.0. The van der Waals surface area contributed by atoms with Crippen molar-refractivity contribution in [2.45, 2.75) is 18.9 Å². The lowest BCUT2D eigenvalue weighted by Crippen LogP contribution is -2.17. The van der Waals surface area contributed by atoms with Gasteiger partial charge in [-0.05, 0) is 47.0 Å². The van der Waals surface area contributed by atoms with Crippen molar-refractivity contribution in [1.29, 1.82) is 0 Å². The molecule has 0 aliphatic heterocycles. The van der Waals surface area contributed by atoms with Crippen molar-refractivity contribution in [2.24, 2.45) is 0 Å². The van der Waals surface area contributed by atoms with Crippen LogP contribution < -0.4 is 15.2 Å². The lowest BCUT2D eigenvalue weighted by molar-refractivity contribution is 0.216. The third-order valence-electron chi connectivity index (χ3n) is 5.39. The Hall–Kier alpha value is -3.47. The highest BCUT2D eigenvalue weighted by molar-refractivity contribution is 5.87. The Morgan fingerprint density at radius 2 is 1.93 bits per heavy atom. The monoisotopic (exact) mass is 371 g/mol. The molecule has 0 saturated heterocycles. The van der Waals surface area contributed by atoms with Gasteiger partial charge in [0, 0.05) is 23.8 Å². The molecular weight excluding hydrogens is 350 g/mol. The maximum Gasteiger partial charge on any atom is 0.150 e. The van der Waals surface area contributed by atoms with Gasteiger partial charge >= 0.3 is 0 Å². The number of nitrogens with zero attached hydrogens (tertiary/aromatic N) is 1. The van der Waals surface area contributed by atoms with Gasteiger partial charge in [0.1, 0.15) is 17.6 Å². The minimum atomic E-state index is 0.0585. The number of nitrogen functional groups attached to an aromatic ring is 1. The molecular formula is C23H21N3O2. The fourth-order valence-corrected chi connectivity index (χ4v) is 3.96. The number of nitrogens with two attached hydrogens (primary N) is 1. The van der Waals surface area contributed by atoms with Gasteiger partial charge in [0.05, 0.1) is 24.5 Å². The van der Waals surface area contributed by atoms with Crippen molar-refractivity contribution in [3.05, 3.63) is 71.9 Å². The molecule has 3 aromatic carbocycles. The van der Waals surface area contributed by atoms with Crippen molar-refractivity contribution in [1.82, 2.24) is 10.2 Å². The van der Waals surface area contributed by atoms with Gasteiger partial charge in [0.15, 0.2) is 0 Å². The maximum absolute atomic E-state index is 6.45. The molecule has 0 spiro atoms. The van der Waals surface area contributed by atoms with E-state index in [1.165, 1.54) is 11.1 Å². The molecule has 5 nitrogen and oxygen atoms in total. The number of hydrogen-bond donors (Lipinski definition) is 2. The van der Waals surface area contributed by atoms with Crippen LogP contribution in [0.4, 0.5) is 5.69 Å². The molecule has 1 aromatic heterocycles. The van der Waals surface area contributed by atoms with E-state index < -0.39 is 0 Å². The van der Waals surface area contributed by atoms with Crippen LogP contribution in [0.3, 0.4) is 0 Å². The summed E-state index contributed by atoms with van der Waals surface area (Å²) < 4.78 is 11.8. The van der Waals surface area contributed by atoms with E-state index >= 15 is 0 Å². The van der Waals surface area contributed by atoms with Crippen LogP contribution in [0.5, 0.6) is 11.5 Å². The van der Waals surface area contributed by atoms with E-state index in [1.807, 2.05) is 30.5 Å². The van der Waals surface area contributed by atoms with Gasteiger partial charge in [-0.25, -0.2) is 0 Å². The number of benzene rings is 3. The minimum Gasteiger partial charge on any atom is -0.497 e. The van der Waals surface area contributed by atoms with E-state index in [-0.39, 0.29) is 6.10 Å². The predicted molar refractivity (Wildman–Crippen MR) is 111 cm³/mol. The number of aromatic amines is 1. The first-order valence-electron chi connectivity index (χ1n) is 9.36. The number of fused-ring (bicyclic) bond motifs is 2. The fourth-order valence-electron chi connectivity index (χ4n) is 3.96. The van der Waals surface area contributed by atoms with Gasteiger partial charge in [0.25, 0.3) is 0 Å².